The van der Waals surface area contributed by atoms with Gasteiger partial charge in [-0.25, -0.2) is 8.42 Å². The summed E-state index contributed by atoms with van der Waals surface area (Å²) in [6.45, 7) is 3.83. The number of sulfonamides is 1. The molecule has 0 aliphatic carbocycles. The molecule has 17 heavy (non-hydrogen) atoms. The van der Waals surface area contributed by atoms with Gasteiger partial charge in [-0.2, -0.15) is 4.31 Å². The molecule has 0 saturated carbocycles. The summed E-state index contributed by atoms with van der Waals surface area (Å²) in [5.74, 6) is 0. The van der Waals surface area contributed by atoms with Crippen LogP contribution in [0.5, 0.6) is 0 Å². The SMILES string of the molecule is C[C@@H]1CNCCN1S(=O)(=O)c1cc(Br)sc1Br. The summed E-state index contributed by atoms with van der Waals surface area (Å²) in [5.41, 5.74) is 0. The second-order valence-electron chi connectivity index (χ2n) is 3.86. The maximum atomic E-state index is 12.5. The summed E-state index contributed by atoms with van der Waals surface area (Å²) in [7, 11) is -3.39. The molecule has 0 aromatic carbocycles. The van der Waals surface area contributed by atoms with E-state index in [2.05, 4.69) is 37.2 Å². The molecule has 1 aliphatic heterocycles. The third-order valence-corrected chi connectivity index (χ3v) is 7.42. The smallest absolute Gasteiger partial charge is 0.245 e. The van der Waals surface area contributed by atoms with Gasteiger partial charge in [0.2, 0.25) is 10.0 Å². The largest absolute Gasteiger partial charge is 0.314 e. The lowest BCUT2D eigenvalue weighted by atomic mass is 10.3. The van der Waals surface area contributed by atoms with Crippen molar-refractivity contribution in [3.8, 4) is 0 Å². The third kappa shape index (κ3) is 2.76. The molecule has 96 valence electrons. The summed E-state index contributed by atoms with van der Waals surface area (Å²) < 4.78 is 28.0. The van der Waals surface area contributed by atoms with Crippen LogP contribution < -0.4 is 5.32 Å². The van der Waals surface area contributed by atoms with Crippen LogP contribution in [0.4, 0.5) is 0 Å². The Labute approximate surface area is 122 Å². The molecule has 1 atom stereocenters. The fourth-order valence-electron chi connectivity index (χ4n) is 1.81. The maximum Gasteiger partial charge on any atom is 0.245 e. The lowest BCUT2D eigenvalue weighted by molar-refractivity contribution is 0.284. The Morgan fingerprint density at radius 1 is 1.53 bits per heavy atom. The fraction of sp³-hybridized carbons (Fsp3) is 0.556. The predicted octanol–water partition coefficient (Wildman–Crippen LogP) is 2.26. The number of piperazine rings is 1. The maximum absolute atomic E-state index is 12.5. The van der Waals surface area contributed by atoms with Gasteiger partial charge in [0.05, 0.1) is 7.57 Å². The van der Waals surface area contributed by atoms with Gasteiger partial charge in [0, 0.05) is 25.7 Å². The van der Waals surface area contributed by atoms with Gasteiger partial charge in [0.25, 0.3) is 0 Å². The number of halogens is 2. The molecule has 1 aliphatic rings. The Hall–Kier alpha value is 0.530. The fourth-order valence-corrected chi connectivity index (χ4v) is 7.20. The van der Waals surface area contributed by atoms with Gasteiger partial charge in [0.1, 0.15) is 4.90 Å². The zero-order valence-corrected chi connectivity index (χ0v) is 13.9. The predicted molar refractivity (Wildman–Crippen MR) is 75.9 cm³/mol. The average molecular weight is 404 g/mol. The van der Waals surface area contributed by atoms with E-state index in [0.29, 0.717) is 28.3 Å². The van der Waals surface area contributed by atoms with E-state index < -0.39 is 10.0 Å². The first kappa shape index (κ1) is 14.0. The summed E-state index contributed by atoms with van der Waals surface area (Å²) in [6.07, 6.45) is 0. The molecule has 0 amide bonds. The molecule has 0 spiro atoms. The van der Waals surface area contributed by atoms with Crippen LogP contribution in [0.2, 0.25) is 0 Å². The van der Waals surface area contributed by atoms with E-state index in [9.17, 15) is 8.42 Å². The van der Waals surface area contributed by atoms with E-state index in [0.717, 1.165) is 3.79 Å². The molecular weight excluding hydrogens is 392 g/mol. The van der Waals surface area contributed by atoms with E-state index in [1.165, 1.54) is 11.3 Å². The molecule has 2 heterocycles. The second kappa shape index (κ2) is 5.26. The molecule has 0 radical (unpaired) electrons. The van der Waals surface area contributed by atoms with Crippen molar-refractivity contribution in [2.24, 2.45) is 0 Å². The topological polar surface area (TPSA) is 49.4 Å². The van der Waals surface area contributed by atoms with Gasteiger partial charge < -0.3 is 5.32 Å². The quantitative estimate of drug-likeness (QED) is 0.823. The summed E-state index contributed by atoms with van der Waals surface area (Å²) >= 11 is 7.99. The van der Waals surface area contributed by atoms with Crippen LogP contribution in [0.1, 0.15) is 6.92 Å². The zero-order chi connectivity index (χ0) is 12.6. The standard InChI is InChI=1S/C9H12Br2N2O2S2/c1-6-5-12-2-3-13(6)17(14,15)7-4-8(10)16-9(7)11/h4,6,12H,2-3,5H2,1H3/t6-/m1/s1. The van der Waals surface area contributed by atoms with Gasteiger partial charge in [-0.1, -0.05) is 0 Å². The van der Waals surface area contributed by atoms with E-state index in [-0.39, 0.29) is 6.04 Å². The Balaban J connectivity index is 2.39. The Kier molecular flexibility index (Phi) is 4.32. The van der Waals surface area contributed by atoms with Crippen molar-refractivity contribution in [2.45, 2.75) is 17.9 Å². The van der Waals surface area contributed by atoms with E-state index >= 15 is 0 Å². The van der Waals surface area contributed by atoms with E-state index in [1.807, 2.05) is 6.92 Å². The molecule has 8 heteroatoms. The van der Waals surface area contributed by atoms with Crippen LogP contribution in [-0.2, 0) is 10.0 Å². The molecular formula is C9H12Br2N2O2S2. The van der Waals surface area contributed by atoms with E-state index in [1.54, 1.807) is 10.4 Å². The molecule has 0 bridgehead atoms. The van der Waals surface area contributed by atoms with Crippen LogP contribution in [0.25, 0.3) is 0 Å². The second-order valence-corrected chi connectivity index (χ2v) is 9.47. The minimum Gasteiger partial charge on any atom is -0.314 e. The molecule has 1 fully saturated rings. The van der Waals surface area contributed by atoms with Crippen LogP contribution in [0.3, 0.4) is 0 Å². The average Bonchev–Trinajstić information content (AvgIpc) is 2.59. The number of nitrogens with one attached hydrogen (secondary N) is 1. The van der Waals surface area contributed by atoms with Gasteiger partial charge in [-0.15, -0.1) is 11.3 Å². The highest BCUT2D eigenvalue weighted by Crippen LogP contribution is 2.36. The lowest BCUT2D eigenvalue weighted by Gasteiger charge is -2.32. The first-order valence-electron chi connectivity index (χ1n) is 5.10. The van der Waals surface area contributed by atoms with Crippen molar-refractivity contribution >= 4 is 53.2 Å². The van der Waals surface area contributed by atoms with Crippen LogP contribution in [0.15, 0.2) is 18.5 Å². The van der Waals surface area contributed by atoms with Crippen molar-refractivity contribution in [2.75, 3.05) is 19.6 Å². The summed E-state index contributed by atoms with van der Waals surface area (Å²) in [4.78, 5) is 0.350. The first-order chi connectivity index (χ1) is 7.93. The Morgan fingerprint density at radius 2 is 2.24 bits per heavy atom. The lowest BCUT2D eigenvalue weighted by Crippen LogP contribution is -2.52. The first-order valence-corrected chi connectivity index (χ1v) is 8.94. The van der Waals surface area contributed by atoms with Crippen molar-refractivity contribution in [1.29, 1.82) is 0 Å². The summed E-state index contributed by atoms with van der Waals surface area (Å²) in [6, 6.07) is 1.64. The number of hydrogen-bond donors (Lipinski definition) is 1. The minimum atomic E-state index is -3.39. The van der Waals surface area contributed by atoms with Gasteiger partial charge in [-0.3, -0.25) is 0 Å². The number of nitrogens with zero attached hydrogens (tertiary/aromatic N) is 1. The molecule has 0 unspecified atom stereocenters. The van der Waals surface area contributed by atoms with E-state index in [4.69, 9.17) is 0 Å². The van der Waals surface area contributed by atoms with Crippen molar-refractivity contribution in [1.82, 2.24) is 9.62 Å². The number of thiophene rings is 1. The monoisotopic (exact) mass is 402 g/mol. The van der Waals surface area contributed by atoms with Crippen LogP contribution >= 0.6 is 43.2 Å². The normalized spacial score (nSPS) is 22.9. The summed E-state index contributed by atoms with van der Waals surface area (Å²) in [5, 5.41) is 3.18. The third-order valence-electron chi connectivity index (χ3n) is 2.65. The Bertz CT molecular complexity index is 515. The van der Waals surface area contributed by atoms with Crippen LogP contribution in [-0.4, -0.2) is 38.4 Å². The van der Waals surface area contributed by atoms with Gasteiger partial charge in [-0.05, 0) is 44.8 Å². The highest BCUT2D eigenvalue weighted by Gasteiger charge is 2.33. The molecule has 2 rings (SSSR count). The highest BCUT2D eigenvalue weighted by molar-refractivity contribution is 9.12. The van der Waals surface area contributed by atoms with Crippen molar-refractivity contribution in [3.63, 3.8) is 0 Å². The Morgan fingerprint density at radius 3 is 2.76 bits per heavy atom. The molecule has 1 aromatic rings. The van der Waals surface area contributed by atoms with Crippen molar-refractivity contribution < 1.29 is 8.42 Å². The van der Waals surface area contributed by atoms with Gasteiger partial charge >= 0.3 is 0 Å². The molecule has 1 N–H and O–H groups in total. The molecule has 1 aromatic heterocycles. The zero-order valence-electron chi connectivity index (χ0n) is 9.11. The number of rotatable bonds is 2. The minimum absolute atomic E-state index is 0.0145. The molecule has 4 nitrogen and oxygen atoms in total. The molecule has 1 saturated heterocycles. The highest BCUT2D eigenvalue weighted by atomic mass is 79.9. The van der Waals surface area contributed by atoms with Gasteiger partial charge in [0.15, 0.2) is 0 Å². The van der Waals surface area contributed by atoms with Crippen LogP contribution in [0, 0.1) is 0 Å². The van der Waals surface area contributed by atoms with Crippen molar-refractivity contribution in [3.05, 3.63) is 13.6 Å². The number of hydrogen-bond acceptors (Lipinski definition) is 4.